The van der Waals surface area contributed by atoms with Crippen LogP contribution in [0.15, 0.2) is 18.3 Å². The summed E-state index contributed by atoms with van der Waals surface area (Å²) in [5.74, 6) is 5.97. The van der Waals surface area contributed by atoms with E-state index in [0.717, 1.165) is 31.6 Å². The fourth-order valence-electron chi connectivity index (χ4n) is 1.57. The number of anilines is 2. The van der Waals surface area contributed by atoms with E-state index in [1.165, 1.54) is 0 Å². The normalized spacial score (nSPS) is 10.1. The third kappa shape index (κ3) is 3.40. The Bertz CT molecular complexity index is 264. The standard InChI is InChI=1S/C11H20N4/c1-3-7-15(8-4-2)10-5-6-11(14-12)13-9-10/h5-6,9H,3-4,7-8,12H2,1-2H3,(H,13,14). The van der Waals surface area contributed by atoms with E-state index in [4.69, 9.17) is 5.84 Å². The van der Waals surface area contributed by atoms with Gasteiger partial charge < -0.3 is 10.3 Å². The molecule has 1 rings (SSSR count). The van der Waals surface area contributed by atoms with E-state index in [1.807, 2.05) is 18.3 Å². The summed E-state index contributed by atoms with van der Waals surface area (Å²) in [5.41, 5.74) is 3.69. The maximum absolute atomic E-state index is 5.27. The molecule has 0 amide bonds. The third-order valence-corrected chi connectivity index (χ3v) is 2.25. The zero-order valence-electron chi connectivity index (χ0n) is 9.53. The minimum absolute atomic E-state index is 0.701. The van der Waals surface area contributed by atoms with Crippen LogP contribution in [0.25, 0.3) is 0 Å². The van der Waals surface area contributed by atoms with Gasteiger partial charge in [0.1, 0.15) is 5.82 Å². The zero-order valence-corrected chi connectivity index (χ0v) is 9.53. The number of nitrogens with one attached hydrogen (secondary N) is 1. The van der Waals surface area contributed by atoms with Gasteiger partial charge in [0.25, 0.3) is 0 Å². The van der Waals surface area contributed by atoms with Crippen molar-refractivity contribution >= 4 is 11.5 Å². The molecule has 84 valence electrons. The highest BCUT2D eigenvalue weighted by Crippen LogP contribution is 2.15. The predicted molar refractivity (Wildman–Crippen MR) is 64.8 cm³/mol. The smallest absolute Gasteiger partial charge is 0.140 e. The molecule has 0 fully saturated rings. The van der Waals surface area contributed by atoms with Gasteiger partial charge in [-0.25, -0.2) is 10.8 Å². The second kappa shape index (κ2) is 6.24. The number of nitrogens with two attached hydrogens (primary N) is 1. The average Bonchev–Trinajstić information content (AvgIpc) is 2.29. The highest BCUT2D eigenvalue weighted by atomic mass is 15.2. The number of hydrogen-bond acceptors (Lipinski definition) is 4. The zero-order chi connectivity index (χ0) is 11.1. The van der Waals surface area contributed by atoms with Gasteiger partial charge in [-0.05, 0) is 25.0 Å². The second-order valence-electron chi connectivity index (χ2n) is 3.53. The maximum Gasteiger partial charge on any atom is 0.140 e. The number of rotatable bonds is 6. The van der Waals surface area contributed by atoms with E-state index in [-0.39, 0.29) is 0 Å². The lowest BCUT2D eigenvalue weighted by Crippen LogP contribution is -2.25. The fraction of sp³-hybridized carbons (Fsp3) is 0.545. The van der Waals surface area contributed by atoms with Gasteiger partial charge in [0.05, 0.1) is 11.9 Å². The van der Waals surface area contributed by atoms with E-state index in [9.17, 15) is 0 Å². The van der Waals surface area contributed by atoms with Crippen LogP contribution < -0.4 is 16.2 Å². The predicted octanol–water partition coefficient (Wildman–Crippen LogP) is 1.99. The van der Waals surface area contributed by atoms with Crippen molar-refractivity contribution in [3.05, 3.63) is 18.3 Å². The lowest BCUT2D eigenvalue weighted by molar-refractivity contribution is 0.743. The molecule has 0 bridgehead atoms. The number of hydrazine groups is 1. The molecule has 1 aromatic rings. The Balaban J connectivity index is 2.72. The Labute approximate surface area is 91.5 Å². The molecule has 0 aliphatic carbocycles. The number of pyridine rings is 1. The van der Waals surface area contributed by atoms with Crippen LogP contribution in [0.2, 0.25) is 0 Å². The molecule has 0 aromatic carbocycles. The number of hydrogen-bond donors (Lipinski definition) is 2. The highest BCUT2D eigenvalue weighted by Gasteiger charge is 2.04. The minimum Gasteiger partial charge on any atom is -0.370 e. The molecule has 1 heterocycles. The molecule has 0 spiro atoms. The first kappa shape index (κ1) is 11.8. The Morgan fingerprint density at radius 3 is 2.33 bits per heavy atom. The molecule has 0 atom stereocenters. The number of nitrogens with zero attached hydrogens (tertiary/aromatic N) is 2. The first-order chi connectivity index (χ1) is 7.31. The first-order valence-corrected chi connectivity index (χ1v) is 5.49. The third-order valence-electron chi connectivity index (χ3n) is 2.25. The molecule has 4 heteroatoms. The van der Waals surface area contributed by atoms with E-state index in [0.29, 0.717) is 5.82 Å². The summed E-state index contributed by atoms with van der Waals surface area (Å²) in [6.07, 6.45) is 4.16. The van der Waals surface area contributed by atoms with Gasteiger partial charge in [-0.2, -0.15) is 0 Å². The Morgan fingerprint density at radius 1 is 1.27 bits per heavy atom. The fourth-order valence-corrected chi connectivity index (χ4v) is 1.57. The molecule has 0 aliphatic rings. The molecule has 0 radical (unpaired) electrons. The van der Waals surface area contributed by atoms with Gasteiger partial charge in [0.15, 0.2) is 0 Å². The van der Waals surface area contributed by atoms with Crippen molar-refractivity contribution in [2.45, 2.75) is 26.7 Å². The second-order valence-corrected chi connectivity index (χ2v) is 3.53. The summed E-state index contributed by atoms with van der Waals surface area (Å²) in [5, 5.41) is 0. The van der Waals surface area contributed by atoms with Crippen molar-refractivity contribution in [1.82, 2.24) is 4.98 Å². The van der Waals surface area contributed by atoms with Crippen molar-refractivity contribution in [2.75, 3.05) is 23.4 Å². The monoisotopic (exact) mass is 208 g/mol. The SMILES string of the molecule is CCCN(CCC)c1ccc(NN)nc1. The molecule has 0 saturated heterocycles. The number of aromatic nitrogens is 1. The number of nitrogen functional groups attached to an aromatic ring is 1. The van der Waals surface area contributed by atoms with Crippen molar-refractivity contribution in [2.24, 2.45) is 5.84 Å². The Hall–Kier alpha value is -1.29. The molecule has 15 heavy (non-hydrogen) atoms. The van der Waals surface area contributed by atoms with E-state index in [2.05, 4.69) is 29.2 Å². The molecular weight excluding hydrogens is 188 g/mol. The molecule has 0 aliphatic heterocycles. The quantitative estimate of drug-likeness (QED) is 0.554. The van der Waals surface area contributed by atoms with Crippen LogP contribution in [0, 0.1) is 0 Å². The first-order valence-electron chi connectivity index (χ1n) is 5.49. The summed E-state index contributed by atoms with van der Waals surface area (Å²) in [6.45, 7) is 6.52. The minimum atomic E-state index is 0.701. The average molecular weight is 208 g/mol. The lowest BCUT2D eigenvalue weighted by atomic mass is 10.3. The summed E-state index contributed by atoms with van der Waals surface area (Å²) in [6, 6.07) is 3.95. The van der Waals surface area contributed by atoms with E-state index < -0.39 is 0 Å². The van der Waals surface area contributed by atoms with Gasteiger partial charge >= 0.3 is 0 Å². The summed E-state index contributed by atoms with van der Waals surface area (Å²) < 4.78 is 0. The molecule has 4 nitrogen and oxygen atoms in total. The largest absolute Gasteiger partial charge is 0.370 e. The molecule has 0 unspecified atom stereocenters. The van der Waals surface area contributed by atoms with Crippen molar-refractivity contribution in [3.8, 4) is 0 Å². The molecule has 1 aromatic heterocycles. The van der Waals surface area contributed by atoms with Crippen molar-refractivity contribution < 1.29 is 0 Å². The van der Waals surface area contributed by atoms with Crippen LogP contribution in [-0.2, 0) is 0 Å². The van der Waals surface area contributed by atoms with Crippen LogP contribution in [0.4, 0.5) is 11.5 Å². The van der Waals surface area contributed by atoms with Crippen LogP contribution in [0.1, 0.15) is 26.7 Å². The lowest BCUT2D eigenvalue weighted by Gasteiger charge is -2.23. The van der Waals surface area contributed by atoms with E-state index in [1.54, 1.807) is 0 Å². The van der Waals surface area contributed by atoms with Crippen molar-refractivity contribution in [3.63, 3.8) is 0 Å². The molecule has 0 saturated carbocycles. The van der Waals surface area contributed by atoms with Gasteiger partial charge in [0, 0.05) is 13.1 Å². The van der Waals surface area contributed by atoms with Gasteiger partial charge in [-0.1, -0.05) is 13.8 Å². The summed E-state index contributed by atoms with van der Waals surface area (Å²) >= 11 is 0. The highest BCUT2D eigenvalue weighted by molar-refractivity contribution is 5.48. The molecular formula is C11H20N4. The van der Waals surface area contributed by atoms with E-state index >= 15 is 0 Å². The summed E-state index contributed by atoms with van der Waals surface area (Å²) in [7, 11) is 0. The van der Waals surface area contributed by atoms with Gasteiger partial charge in [0.2, 0.25) is 0 Å². The van der Waals surface area contributed by atoms with Crippen molar-refractivity contribution in [1.29, 1.82) is 0 Å². The van der Waals surface area contributed by atoms with Crippen LogP contribution in [0.5, 0.6) is 0 Å². The summed E-state index contributed by atoms with van der Waals surface area (Å²) in [4.78, 5) is 6.55. The maximum atomic E-state index is 5.27. The Kier molecular flexibility index (Phi) is 4.90. The van der Waals surface area contributed by atoms with Crippen LogP contribution in [-0.4, -0.2) is 18.1 Å². The van der Waals surface area contributed by atoms with Crippen LogP contribution >= 0.6 is 0 Å². The van der Waals surface area contributed by atoms with Crippen LogP contribution in [0.3, 0.4) is 0 Å². The van der Waals surface area contributed by atoms with Gasteiger partial charge in [-0.3, -0.25) is 0 Å². The van der Waals surface area contributed by atoms with Gasteiger partial charge in [-0.15, -0.1) is 0 Å². The molecule has 3 N–H and O–H groups in total. The topological polar surface area (TPSA) is 54.2 Å². The Morgan fingerprint density at radius 2 is 1.93 bits per heavy atom.